The second kappa shape index (κ2) is 3.58. The molecule has 0 aromatic heterocycles. The molecule has 0 amide bonds. The van der Waals surface area contributed by atoms with E-state index in [1.54, 1.807) is 11.1 Å². The Labute approximate surface area is 131 Å². The number of hydrogen-bond donors (Lipinski definition) is 0. The Morgan fingerprint density at radius 2 is 2.09 bits per heavy atom. The first-order valence-corrected chi connectivity index (χ1v) is 9.05. The predicted octanol–water partition coefficient (Wildman–Crippen LogP) is 4.20. The van der Waals surface area contributed by atoms with Gasteiger partial charge in [0.2, 0.25) is 0 Å². The molecule has 9 bridgehead atoms. The smallest absolute Gasteiger partial charge is 0.141 e. The van der Waals surface area contributed by atoms with Crippen LogP contribution in [-0.2, 0) is 17.6 Å². The zero-order valence-corrected chi connectivity index (χ0v) is 13.2. The SMILES string of the molecule is CC1CC2=C3C4CCC2(C4)C2Cc4ccc(cc4CC2=O)C31. The maximum Gasteiger partial charge on any atom is 0.141 e. The Morgan fingerprint density at radius 1 is 1.18 bits per heavy atom. The molecule has 5 unspecified atom stereocenters. The van der Waals surface area contributed by atoms with Crippen LogP contribution in [0.5, 0.6) is 0 Å². The molecule has 22 heavy (non-hydrogen) atoms. The van der Waals surface area contributed by atoms with Crippen molar-refractivity contribution in [1.82, 2.24) is 0 Å². The van der Waals surface area contributed by atoms with Crippen LogP contribution < -0.4 is 0 Å². The molecule has 1 spiro atoms. The minimum absolute atomic E-state index is 0.268. The van der Waals surface area contributed by atoms with Crippen molar-refractivity contribution in [3.8, 4) is 0 Å². The fourth-order valence-corrected chi connectivity index (χ4v) is 7.04. The summed E-state index contributed by atoms with van der Waals surface area (Å²) in [6.45, 7) is 2.44. The van der Waals surface area contributed by atoms with Crippen molar-refractivity contribution in [1.29, 1.82) is 0 Å². The van der Waals surface area contributed by atoms with Crippen LogP contribution in [0.3, 0.4) is 0 Å². The van der Waals surface area contributed by atoms with E-state index < -0.39 is 0 Å². The average molecular weight is 290 g/mol. The van der Waals surface area contributed by atoms with Crippen molar-refractivity contribution in [3.63, 3.8) is 0 Å². The third-order valence-corrected chi connectivity index (χ3v) is 7.80. The van der Waals surface area contributed by atoms with Crippen LogP contribution in [0.2, 0.25) is 0 Å². The van der Waals surface area contributed by atoms with Crippen molar-refractivity contribution in [3.05, 3.63) is 46.0 Å². The van der Waals surface area contributed by atoms with E-state index in [4.69, 9.17) is 0 Å². The largest absolute Gasteiger partial charge is 0.299 e. The van der Waals surface area contributed by atoms with E-state index in [0.29, 0.717) is 18.1 Å². The monoisotopic (exact) mass is 290 g/mol. The number of carbonyl (C=O) groups is 1. The van der Waals surface area contributed by atoms with Gasteiger partial charge in [-0.1, -0.05) is 36.3 Å². The first-order valence-electron chi connectivity index (χ1n) is 9.05. The first-order chi connectivity index (χ1) is 10.7. The standard InChI is InChI=1S/C21H22O/c1-11-6-17-20-14-4-5-21(17,10-14)16-8-12-2-3-13(19(11)20)7-15(12)9-18(16)22/h2-3,7,11,14,16,19H,4-6,8-10H2,1H3. The lowest BCUT2D eigenvalue weighted by molar-refractivity contribution is -0.126. The van der Waals surface area contributed by atoms with Crippen LogP contribution in [0.1, 0.15) is 55.2 Å². The summed E-state index contributed by atoms with van der Waals surface area (Å²) in [4.78, 5) is 13.0. The highest BCUT2D eigenvalue weighted by Crippen LogP contribution is 2.70. The normalized spacial score (nSPS) is 43.6. The van der Waals surface area contributed by atoms with Gasteiger partial charge in [-0.15, -0.1) is 0 Å². The summed E-state index contributed by atoms with van der Waals surface area (Å²) in [5, 5.41) is 0. The van der Waals surface area contributed by atoms with Crippen molar-refractivity contribution in [2.24, 2.45) is 23.2 Å². The van der Waals surface area contributed by atoms with Crippen LogP contribution in [0, 0.1) is 23.2 Å². The third kappa shape index (κ3) is 1.16. The second-order valence-electron chi connectivity index (χ2n) is 8.62. The van der Waals surface area contributed by atoms with E-state index >= 15 is 0 Å². The maximum atomic E-state index is 13.0. The van der Waals surface area contributed by atoms with Crippen LogP contribution in [0.15, 0.2) is 29.3 Å². The van der Waals surface area contributed by atoms with Gasteiger partial charge in [0.15, 0.2) is 0 Å². The van der Waals surface area contributed by atoms with Gasteiger partial charge in [0.25, 0.3) is 0 Å². The lowest BCUT2D eigenvalue weighted by atomic mass is 9.62. The Hall–Kier alpha value is -1.37. The molecule has 6 aliphatic rings. The minimum atomic E-state index is 0.268. The van der Waals surface area contributed by atoms with Crippen LogP contribution in [0.4, 0.5) is 0 Å². The minimum Gasteiger partial charge on any atom is -0.299 e. The molecule has 0 radical (unpaired) electrons. The molecule has 1 aromatic rings. The number of hydrogen-bond acceptors (Lipinski definition) is 1. The van der Waals surface area contributed by atoms with E-state index in [2.05, 4.69) is 25.1 Å². The number of benzene rings is 1. The van der Waals surface area contributed by atoms with Gasteiger partial charge < -0.3 is 0 Å². The molecular weight excluding hydrogens is 268 g/mol. The Kier molecular flexibility index (Phi) is 1.97. The third-order valence-electron chi connectivity index (χ3n) is 7.80. The molecule has 1 aromatic carbocycles. The van der Waals surface area contributed by atoms with E-state index in [1.165, 1.54) is 42.4 Å². The lowest BCUT2D eigenvalue weighted by Crippen LogP contribution is -2.39. The average Bonchev–Trinajstić information content (AvgIpc) is 3.13. The Balaban J connectivity index is 1.71. The summed E-state index contributed by atoms with van der Waals surface area (Å²) >= 11 is 0. The van der Waals surface area contributed by atoms with Crippen LogP contribution >= 0.6 is 0 Å². The number of allylic oxidation sites excluding steroid dienone is 2. The van der Waals surface area contributed by atoms with Crippen molar-refractivity contribution in [2.75, 3.05) is 0 Å². The maximum absolute atomic E-state index is 13.0. The van der Waals surface area contributed by atoms with Gasteiger partial charge in [0.05, 0.1) is 0 Å². The van der Waals surface area contributed by atoms with Gasteiger partial charge in [0, 0.05) is 23.7 Å². The van der Waals surface area contributed by atoms with Gasteiger partial charge in [-0.25, -0.2) is 0 Å². The molecule has 1 nitrogen and oxygen atoms in total. The summed E-state index contributed by atoms with van der Waals surface area (Å²) in [5.74, 6) is 3.00. The van der Waals surface area contributed by atoms with Crippen LogP contribution in [0.25, 0.3) is 0 Å². The summed E-state index contributed by atoms with van der Waals surface area (Å²) in [5.41, 5.74) is 8.13. The fourth-order valence-electron chi connectivity index (χ4n) is 7.04. The lowest BCUT2D eigenvalue weighted by Gasteiger charge is -2.40. The topological polar surface area (TPSA) is 17.1 Å². The molecule has 5 atom stereocenters. The number of carbonyl (C=O) groups excluding carboxylic acids is 1. The zero-order chi connectivity index (χ0) is 14.6. The van der Waals surface area contributed by atoms with E-state index in [-0.39, 0.29) is 11.3 Å². The number of fused-ring (bicyclic) bond motifs is 3. The molecule has 7 rings (SSSR count). The predicted molar refractivity (Wildman–Crippen MR) is 85.7 cm³/mol. The van der Waals surface area contributed by atoms with Crippen LogP contribution in [-0.4, -0.2) is 5.78 Å². The second-order valence-corrected chi connectivity index (χ2v) is 8.62. The van der Waals surface area contributed by atoms with Gasteiger partial charge in [-0.2, -0.15) is 0 Å². The summed E-state index contributed by atoms with van der Waals surface area (Å²) in [7, 11) is 0. The molecule has 1 fully saturated rings. The molecule has 6 aliphatic carbocycles. The van der Waals surface area contributed by atoms with E-state index in [9.17, 15) is 4.79 Å². The number of ketones is 1. The van der Waals surface area contributed by atoms with Gasteiger partial charge in [-0.3, -0.25) is 4.79 Å². The summed E-state index contributed by atoms with van der Waals surface area (Å²) in [6, 6.07) is 7.13. The molecule has 0 N–H and O–H groups in total. The molecular formula is C21H22O. The quantitative estimate of drug-likeness (QED) is 0.654. The highest BCUT2D eigenvalue weighted by molar-refractivity contribution is 5.87. The molecule has 1 heteroatoms. The molecule has 0 heterocycles. The molecule has 112 valence electrons. The van der Waals surface area contributed by atoms with E-state index in [1.807, 2.05) is 0 Å². The Bertz CT molecular complexity index is 770. The summed E-state index contributed by atoms with van der Waals surface area (Å²) in [6.07, 6.45) is 6.90. The fraction of sp³-hybridized carbons (Fsp3) is 0.571. The van der Waals surface area contributed by atoms with Crippen molar-refractivity contribution >= 4 is 5.78 Å². The van der Waals surface area contributed by atoms with E-state index in [0.717, 1.165) is 18.3 Å². The molecule has 0 saturated heterocycles. The zero-order valence-electron chi connectivity index (χ0n) is 13.2. The van der Waals surface area contributed by atoms with Crippen molar-refractivity contribution in [2.45, 2.75) is 51.4 Å². The first kappa shape index (κ1) is 12.1. The van der Waals surface area contributed by atoms with Gasteiger partial charge in [0.1, 0.15) is 5.78 Å². The molecule has 1 saturated carbocycles. The number of Topliss-reactive ketones (excluding diaryl/α,β-unsaturated/α-hetero) is 1. The highest BCUT2D eigenvalue weighted by Gasteiger charge is 2.60. The Morgan fingerprint density at radius 3 is 3.00 bits per heavy atom. The molecule has 0 aliphatic heterocycles. The van der Waals surface area contributed by atoms with Gasteiger partial charge >= 0.3 is 0 Å². The van der Waals surface area contributed by atoms with Crippen molar-refractivity contribution < 1.29 is 4.79 Å². The van der Waals surface area contributed by atoms with Gasteiger partial charge in [-0.05, 0) is 60.6 Å². The number of rotatable bonds is 0. The summed E-state index contributed by atoms with van der Waals surface area (Å²) < 4.78 is 0. The highest BCUT2D eigenvalue weighted by atomic mass is 16.1.